The first-order chi connectivity index (χ1) is 9.20. The van der Waals surface area contributed by atoms with Crippen molar-refractivity contribution in [2.24, 2.45) is 0 Å². The molecule has 0 spiro atoms. The molecule has 1 aromatic carbocycles. The summed E-state index contributed by atoms with van der Waals surface area (Å²) in [4.78, 5) is 23.7. The van der Waals surface area contributed by atoms with Gasteiger partial charge in [-0.25, -0.2) is 4.79 Å². The highest BCUT2D eigenvalue weighted by molar-refractivity contribution is 6.61. The van der Waals surface area contributed by atoms with Gasteiger partial charge in [-0.3, -0.25) is 4.90 Å². The first kappa shape index (κ1) is 14.0. The van der Waals surface area contributed by atoms with E-state index < -0.39 is 17.8 Å². The van der Waals surface area contributed by atoms with Crippen molar-refractivity contribution in [2.75, 3.05) is 19.7 Å². The lowest BCUT2D eigenvalue weighted by atomic mass is 10.1. The maximum Gasteiger partial charge on any atom is 0.405 e. The van der Waals surface area contributed by atoms with Gasteiger partial charge in [0.15, 0.2) is 6.23 Å². The Kier molecular flexibility index (Phi) is 4.90. The predicted octanol–water partition coefficient (Wildman–Crippen LogP) is 1.96. The maximum absolute atomic E-state index is 11.0. The van der Waals surface area contributed by atoms with Crippen LogP contribution in [0.3, 0.4) is 0 Å². The lowest BCUT2D eigenvalue weighted by Gasteiger charge is -2.35. The molecule has 6 heteroatoms. The smallest absolute Gasteiger partial charge is 0.405 e. The zero-order valence-corrected chi connectivity index (χ0v) is 11.0. The number of nitrogens with zero attached hydrogens (tertiary/aromatic N) is 1. The second-order valence-electron chi connectivity index (χ2n) is 4.16. The van der Waals surface area contributed by atoms with Gasteiger partial charge in [0.1, 0.15) is 12.4 Å². The molecular weight excluding hydrogens is 270 g/mol. The van der Waals surface area contributed by atoms with E-state index in [1.165, 1.54) is 0 Å². The molecule has 0 bridgehead atoms. The molecule has 0 saturated carbocycles. The highest BCUT2D eigenvalue weighted by atomic mass is 35.5. The van der Waals surface area contributed by atoms with Gasteiger partial charge in [0, 0.05) is 30.3 Å². The number of carbonyl (C=O) groups is 2. The van der Waals surface area contributed by atoms with Crippen molar-refractivity contribution in [3.05, 3.63) is 35.9 Å². The van der Waals surface area contributed by atoms with Crippen molar-refractivity contribution in [3.8, 4) is 0 Å². The van der Waals surface area contributed by atoms with Crippen LogP contribution in [0.15, 0.2) is 30.3 Å². The van der Waals surface area contributed by atoms with E-state index in [1.54, 1.807) is 0 Å². The Balaban J connectivity index is 2.17. The molecule has 0 aliphatic carbocycles. The topological polar surface area (TPSA) is 55.8 Å². The largest absolute Gasteiger partial charge is 0.430 e. The highest BCUT2D eigenvalue weighted by Gasteiger charge is 2.29. The lowest BCUT2D eigenvalue weighted by Crippen LogP contribution is -2.45. The second-order valence-corrected chi connectivity index (χ2v) is 4.47. The third-order valence-corrected chi connectivity index (χ3v) is 2.99. The first-order valence-corrected chi connectivity index (χ1v) is 6.30. The predicted molar refractivity (Wildman–Crippen MR) is 68.9 cm³/mol. The van der Waals surface area contributed by atoms with Crippen LogP contribution in [0, 0.1) is 0 Å². The van der Waals surface area contributed by atoms with E-state index in [9.17, 15) is 9.59 Å². The van der Waals surface area contributed by atoms with Crippen LogP contribution in [0.2, 0.25) is 0 Å². The molecule has 2 atom stereocenters. The van der Waals surface area contributed by atoms with Crippen LogP contribution in [0.5, 0.6) is 0 Å². The Morgan fingerprint density at radius 2 is 2.21 bits per heavy atom. The molecule has 2 unspecified atom stereocenters. The molecule has 1 heterocycles. The van der Waals surface area contributed by atoms with E-state index in [1.807, 2.05) is 35.2 Å². The number of carbonyl (C=O) groups excluding carboxylic acids is 2. The van der Waals surface area contributed by atoms with Gasteiger partial charge in [-0.15, -0.1) is 0 Å². The molecule has 19 heavy (non-hydrogen) atoms. The fourth-order valence-electron chi connectivity index (χ4n) is 2.05. The lowest BCUT2D eigenvalue weighted by molar-refractivity contribution is -0.131. The SMILES string of the molecule is O=CC1CN(C(OC(=O)Cl)c2ccccc2)CCO1. The zero-order valence-electron chi connectivity index (χ0n) is 10.2. The van der Waals surface area contributed by atoms with Crippen molar-refractivity contribution >= 4 is 23.3 Å². The van der Waals surface area contributed by atoms with Crippen LogP contribution in [-0.2, 0) is 14.3 Å². The van der Waals surface area contributed by atoms with Crippen LogP contribution in [0.4, 0.5) is 4.79 Å². The van der Waals surface area contributed by atoms with E-state index in [0.717, 1.165) is 11.8 Å². The minimum Gasteiger partial charge on any atom is -0.430 e. The van der Waals surface area contributed by atoms with Gasteiger partial charge in [0.25, 0.3) is 0 Å². The summed E-state index contributed by atoms with van der Waals surface area (Å²) in [7, 11) is 0. The highest BCUT2D eigenvalue weighted by Crippen LogP contribution is 2.25. The fraction of sp³-hybridized carbons (Fsp3) is 0.385. The van der Waals surface area contributed by atoms with Crippen molar-refractivity contribution in [1.82, 2.24) is 4.90 Å². The number of halogens is 1. The Hall–Kier alpha value is -1.43. The van der Waals surface area contributed by atoms with Crippen LogP contribution in [0.25, 0.3) is 0 Å². The van der Waals surface area contributed by atoms with E-state index in [-0.39, 0.29) is 0 Å². The molecule has 2 rings (SSSR count). The van der Waals surface area contributed by atoms with Gasteiger partial charge in [-0.1, -0.05) is 30.3 Å². The molecule has 0 amide bonds. The van der Waals surface area contributed by atoms with E-state index in [2.05, 4.69) is 0 Å². The van der Waals surface area contributed by atoms with Crippen molar-refractivity contribution < 1.29 is 19.1 Å². The van der Waals surface area contributed by atoms with Gasteiger partial charge in [0.2, 0.25) is 0 Å². The molecule has 0 aromatic heterocycles. The normalized spacial score (nSPS) is 21.6. The Bertz CT molecular complexity index is 440. The minimum absolute atomic E-state index is 0.368. The summed E-state index contributed by atoms with van der Waals surface area (Å²) in [6.45, 7) is 1.34. The zero-order chi connectivity index (χ0) is 13.7. The Labute approximate surface area is 116 Å². The van der Waals surface area contributed by atoms with Crippen LogP contribution in [0.1, 0.15) is 11.8 Å². The molecule has 0 N–H and O–H groups in total. The Morgan fingerprint density at radius 1 is 1.47 bits per heavy atom. The van der Waals surface area contributed by atoms with Crippen molar-refractivity contribution in [1.29, 1.82) is 0 Å². The quantitative estimate of drug-likeness (QED) is 0.624. The van der Waals surface area contributed by atoms with Gasteiger partial charge in [0.05, 0.1) is 6.61 Å². The minimum atomic E-state index is -0.872. The second kappa shape index (κ2) is 6.65. The molecule has 1 aliphatic heterocycles. The summed E-state index contributed by atoms with van der Waals surface area (Å²) in [6, 6.07) is 9.26. The summed E-state index contributed by atoms with van der Waals surface area (Å²) in [5, 5.41) is 0. The summed E-state index contributed by atoms with van der Waals surface area (Å²) in [6.07, 6.45) is -0.358. The van der Waals surface area contributed by atoms with Crippen LogP contribution < -0.4 is 0 Å². The molecule has 0 radical (unpaired) electrons. The Morgan fingerprint density at radius 3 is 2.84 bits per heavy atom. The first-order valence-electron chi connectivity index (χ1n) is 5.92. The standard InChI is InChI=1S/C13H14ClNO4/c14-13(17)19-12(10-4-2-1-3-5-10)15-6-7-18-11(8-15)9-16/h1-5,9,11-12H,6-8H2. The molecule has 5 nitrogen and oxygen atoms in total. The number of morpholine rings is 1. The molecular formula is C13H14ClNO4. The van der Waals surface area contributed by atoms with Gasteiger partial charge < -0.3 is 14.3 Å². The van der Waals surface area contributed by atoms with E-state index in [4.69, 9.17) is 21.1 Å². The summed E-state index contributed by atoms with van der Waals surface area (Å²) < 4.78 is 10.4. The third-order valence-electron chi connectivity index (χ3n) is 2.90. The number of ether oxygens (including phenoxy) is 2. The van der Waals surface area contributed by atoms with E-state index in [0.29, 0.717) is 19.7 Å². The summed E-state index contributed by atoms with van der Waals surface area (Å²) >= 11 is 5.32. The third kappa shape index (κ3) is 3.76. The number of benzene rings is 1. The molecule has 102 valence electrons. The number of hydrogen-bond acceptors (Lipinski definition) is 5. The van der Waals surface area contributed by atoms with Gasteiger partial charge in [-0.05, 0) is 0 Å². The molecule has 1 fully saturated rings. The van der Waals surface area contributed by atoms with Crippen molar-refractivity contribution in [3.63, 3.8) is 0 Å². The van der Waals surface area contributed by atoms with E-state index >= 15 is 0 Å². The number of hydrogen-bond donors (Lipinski definition) is 0. The molecule has 1 aliphatic rings. The van der Waals surface area contributed by atoms with Crippen LogP contribution in [-0.4, -0.2) is 42.4 Å². The fourth-order valence-corrected chi connectivity index (χ4v) is 2.13. The summed E-state index contributed by atoms with van der Waals surface area (Å²) in [5.74, 6) is 0. The van der Waals surface area contributed by atoms with Gasteiger partial charge >= 0.3 is 5.43 Å². The van der Waals surface area contributed by atoms with Crippen LogP contribution >= 0.6 is 11.6 Å². The summed E-state index contributed by atoms with van der Waals surface area (Å²) in [5.41, 5.74) is -0.0638. The molecule has 1 aromatic rings. The number of aldehydes is 1. The van der Waals surface area contributed by atoms with Gasteiger partial charge in [-0.2, -0.15) is 0 Å². The average molecular weight is 284 g/mol. The maximum atomic E-state index is 11.0. The van der Waals surface area contributed by atoms with Crippen molar-refractivity contribution in [2.45, 2.75) is 12.3 Å². The monoisotopic (exact) mass is 283 g/mol. The number of rotatable bonds is 4. The average Bonchev–Trinajstić information content (AvgIpc) is 2.45. The molecule has 1 saturated heterocycles.